The summed E-state index contributed by atoms with van der Waals surface area (Å²) in [6, 6.07) is 1.77. The smallest absolute Gasteiger partial charge is 0.199 e. The Morgan fingerprint density at radius 2 is 2.50 bits per heavy atom. The highest BCUT2D eigenvalue weighted by molar-refractivity contribution is 5.94. The third kappa shape index (κ3) is 1.76. The number of ketones is 1. The maximum Gasteiger partial charge on any atom is 0.199 e. The molecule has 12 heavy (non-hydrogen) atoms. The fraction of sp³-hybridized carbons (Fsp3) is 0.300. The van der Waals surface area contributed by atoms with E-state index >= 15 is 0 Å². The Morgan fingerprint density at radius 3 is 3.00 bits per heavy atom. The van der Waals surface area contributed by atoms with Crippen LogP contribution in [0, 0.1) is 19.3 Å². The van der Waals surface area contributed by atoms with E-state index in [0.717, 1.165) is 5.56 Å². The number of furan rings is 1. The SMILES string of the molecule is C#CCCC(=O)c1occc1C. The van der Waals surface area contributed by atoms with Crippen molar-refractivity contribution in [2.24, 2.45) is 0 Å². The van der Waals surface area contributed by atoms with E-state index in [2.05, 4.69) is 5.92 Å². The molecular formula is C10H10O2. The van der Waals surface area contributed by atoms with Gasteiger partial charge in [0.05, 0.1) is 6.26 Å². The van der Waals surface area contributed by atoms with E-state index in [1.807, 2.05) is 6.92 Å². The minimum Gasteiger partial charge on any atom is -0.461 e. The van der Waals surface area contributed by atoms with Crippen molar-refractivity contribution in [3.63, 3.8) is 0 Å². The molecule has 0 N–H and O–H groups in total. The molecule has 0 unspecified atom stereocenters. The quantitative estimate of drug-likeness (QED) is 0.503. The number of aryl methyl sites for hydroxylation is 1. The van der Waals surface area contributed by atoms with Crippen LogP contribution < -0.4 is 0 Å². The highest BCUT2D eigenvalue weighted by Gasteiger charge is 2.10. The van der Waals surface area contributed by atoms with Crippen LogP contribution in [0.1, 0.15) is 29.0 Å². The van der Waals surface area contributed by atoms with Crippen LogP contribution in [0.25, 0.3) is 0 Å². The van der Waals surface area contributed by atoms with Crippen molar-refractivity contribution >= 4 is 5.78 Å². The summed E-state index contributed by atoms with van der Waals surface area (Å²) < 4.78 is 5.00. The first-order valence-electron chi connectivity index (χ1n) is 3.76. The summed E-state index contributed by atoms with van der Waals surface area (Å²) in [5.74, 6) is 2.83. The molecule has 0 aliphatic carbocycles. The van der Waals surface area contributed by atoms with Gasteiger partial charge in [-0.25, -0.2) is 0 Å². The molecule has 1 rings (SSSR count). The van der Waals surface area contributed by atoms with Gasteiger partial charge in [0, 0.05) is 12.8 Å². The van der Waals surface area contributed by atoms with E-state index in [0.29, 0.717) is 18.6 Å². The summed E-state index contributed by atoms with van der Waals surface area (Å²) in [7, 11) is 0. The van der Waals surface area contributed by atoms with E-state index in [1.54, 1.807) is 6.07 Å². The lowest BCUT2D eigenvalue weighted by molar-refractivity contribution is 0.0956. The van der Waals surface area contributed by atoms with Gasteiger partial charge < -0.3 is 4.42 Å². The molecule has 1 aromatic heterocycles. The third-order valence-corrected chi connectivity index (χ3v) is 1.61. The molecule has 0 aliphatic rings. The van der Waals surface area contributed by atoms with Crippen LogP contribution in [-0.2, 0) is 0 Å². The predicted molar refractivity (Wildman–Crippen MR) is 45.8 cm³/mol. The maximum absolute atomic E-state index is 11.3. The van der Waals surface area contributed by atoms with E-state index in [-0.39, 0.29) is 5.78 Å². The second-order valence-electron chi connectivity index (χ2n) is 2.56. The average Bonchev–Trinajstić information content (AvgIpc) is 2.47. The lowest BCUT2D eigenvalue weighted by Gasteiger charge is -1.93. The minimum atomic E-state index is -0.0181. The van der Waals surface area contributed by atoms with Crippen LogP contribution in [-0.4, -0.2) is 5.78 Å². The topological polar surface area (TPSA) is 30.2 Å². The van der Waals surface area contributed by atoms with E-state index in [4.69, 9.17) is 10.8 Å². The number of carbonyl (C=O) groups is 1. The van der Waals surface area contributed by atoms with Gasteiger partial charge >= 0.3 is 0 Å². The number of carbonyl (C=O) groups excluding carboxylic acids is 1. The molecule has 1 aromatic rings. The van der Waals surface area contributed by atoms with Gasteiger partial charge in [0.1, 0.15) is 0 Å². The lowest BCUT2D eigenvalue weighted by Crippen LogP contribution is -1.97. The summed E-state index contributed by atoms with van der Waals surface area (Å²) in [4.78, 5) is 11.3. The second kappa shape index (κ2) is 3.77. The normalized spacial score (nSPS) is 9.33. The van der Waals surface area contributed by atoms with Crippen LogP contribution in [0.4, 0.5) is 0 Å². The van der Waals surface area contributed by atoms with Crippen molar-refractivity contribution in [3.8, 4) is 12.3 Å². The Morgan fingerprint density at radius 1 is 1.75 bits per heavy atom. The van der Waals surface area contributed by atoms with E-state index < -0.39 is 0 Å². The summed E-state index contributed by atoms with van der Waals surface area (Å²) in [5.41, 5.74) is 0.872. The summed E-state index contributed by atoms with van der Waals surface area (Å²) in [5, 5.41) is 0. The van der Waals surface area contributed by atoms with Crippen LogP contribution in [0.5, 0.6) is 0 Å². The Bertz CT molecular complexity index is 315. The largest absolute Gasteiger partial charge is 0.461 e. The molecule has 62 valence electrons. The Balaban J connectivity index is 2.67. The molecule has 0 fully saturated rings. The van der Waals surface area contributed by atoms with Crippen LogP contribution in [0.2, 0.25) is 0 Å². The zero-order valence-corrected chi connectivity index (χ0v) is 6.96. The van der Waals surface area contributed by atoms with Crippen molar-refractivity contribution in [3.05, 3.63) is 23.7 Å². The van der Waals surface area contributed by atoms with Crippen molar-refractivity contribution in [2.75, 3.05) is 0 Å². The average molecular weight is 162 g/mol. The molecule has 0 aromatic carbocycles. The van der Waals surface area contributed by atoms with Gasteiger partial charge in [0.25, 0.3) is 0 Å². The molecule has 0 saturated carbocycles. The fourth-order valence-electron chi connectivity index (χ4n) is 0.958. The van der Waals surface area contributed by atoms with Gasteiger partial charge in [-0.15, -0.1) is 12.3 Å². The van der Waals surface area contributed by atoms with Crippen molar-refractivity contribution in [1.29, 1.82) is 0 Å². The molecule has 1 heterocycles. The molecule has 2 nitrogen and oxygen atoms in total. The molecule has 2 heteroatoms. The van der Waals surface area contributed by atoms with E-state index in [1.165, 1.54) is 6.26 Å². The summed E-state index contributed by atoms with van der Waals surface area (Å²) in [6.07, 6.45) is 7.38. The molecule has 0 atom stereocenters. The summed E-state index contributed by atoms with van der Waals surface area (Å²) >= 11 is 0. The molecular weight excluding hydrogens is 152 g/mol. The van der Waals surface area contributed by atoms with Gasteiger partial charge in [-0.3, -0.25) is 4.79 Å². The first-order valence-corrected chi connectivity index (χ1v) is 3.76. The van der Waals surface area contributed by atoms with Gasteiger partial charge in [-0.05, 0) is 18.6 Å². The molecule has 0 saturated heterocycles. The Hall–Kier alpha value is -1.49. The molecule has 0 spiro atoms. The second-order valence-corrected chi connectivity index (χ2v) is 2.56. The zero-order valence-electron chi connectivity index (χ0n) is 6.96. The fourth-order valence-corrected chi connectivity index (χ4v) is 0.958. The van der Waals surface area contributed by atoms with Crippen LogP contribution in [0.3, 0.4) is 0 Å². The molecule has 0 amide bonds. The van der Waals surface area contributed by atoms with Gasteiger partial charge in [0.15, 0.2) is 11.5 Å². The number of hydrogen-bond acceptors (Lipinski definition) is 2. The first kappa shape index (κ1) is 8.61. The lowest BCUT2D eigenvalue weighted by atomic mass is 10.1. The molecule has 0 radical (unpaired) electrons. The van der Waals surface area contributed by atoms with Crippen molar-refractivity contribution in [1.82, 2.24) is 0 Å². The standard InChI is InChI=1S/C10H10O2/c1-3-4-5-9(11)10-8(2)6-7-12-10/h1,6-7H,4-5H2,2H3. The summed E-state index contributed by atoms with van der Waals surface area (Å²) in [6.45, 7) is 1.84. The Kier molecular flexibility index (Phi) is 2.71. The number of hydrogen-bond donors (Lipinski definition) is 0. The zero-order chi connectivity index (χ0) is 8.97. The highest BCUT2D eigenvalue weighted by Crippen LogP contribution is 2.11. The Labute approximate surface area is 71.6 Å². The van der Waals surface area contributed by atoms with Crippen LogP contribution >= 0.6 is 0 Å². The monoisotopic (exact) mass is 162 g/mol. The van der Waals surface area contributed by atoms with Gasteiger partial charge in [0.2, 0.25) is 0 Å². The molecule has 0 bridgehead atoms. The van der Waals surface area contributed by atoms with Crippen molar-refractivity contribution in [2.45, 2.75) is 19.8 Å². The number of Topliss-reactive ketones (excluding diaryl/α,β-unsaturated/α-hetero) is 1. The highest BCUT2D eigenvalue weighted by atomic mass is 16.3. The maximum atomic E-state index is 11.3. The van der Waals surface area contributed by atoms with E-state index in [9.17, 15) is 4.79 Å². The van der Waals surface area contributed by atoms with Crippen LogP contribution in [0.15, 0.2) is 16.7 Å². The molecule has 0 aliphatic heterocycles. The first-order chi connectivity index (χ1) is 5.75. The third-order valence-electron chi connectivity index (χ3n) is 1.61. The van der Waals surface area contributed by atoms with Gasteiger partial charge in [-0.1, -0.05) is 0 Å². The van der Waals surface area contributed by atoms with Crippen molar-refractivity contribution < 1.29 is 9.21 Å². The number of terminal acetylenes is 1. The predicted octanol–water partition coefficient (Wildman–Crippen LogP) is 2.18. The van der Waals surface area contributed by atoms with Gasteiger partial charge in [-0.2, -0.15) is 0 Å². The number of rotatable bonds is 3. The minimum absolute atomic E-state index is 0.0181.